The average Bonchev–Trinajstić information content (AvgIpc) is 3.24. The van der Waals surface area contributed by atoms with Crippen LogP contribution < -0.4 is 5.32 Å². The van der Waals surface area contributed by atoms with Crippen LogP contribution in [-0.2, 0) is 35.0 Å². The Morgan fingerprint density at radius 1 is 1.26 bits per heavy atom. The molecule has 0 aliphatic carbocycles. The second-order valence-electron chi connectivity index (χ2n) is 8.80. The number of fused-ring (bicyclic) bond motifs is 1. The largest absolute Gasteiger partial charge is 0.461 e. The van der Waals surface area contributed by atoms with E-state index in [1.807, 2.05) is 30.5 Å². The van der Waals surface area contributed by atoms with E-state index in [1.54, 1.807) is 13.8 Å². The fraction of sp³-hybridized carbons (Fsp3) is 0.520. The summed E-state index contributed by atoms with van der Waals surface area (Å²) in [5, 5.41) is 3.72. The van der Waals surface area contributed by atoms with Crippen molar-refractivity contribution in [2.24, 2.45) is 0 Å². The van der Waals surface area contributed by atoms with Gasteiger partial charge in [-0.25, -0.2) is 4.79 Å². The normalized spacial score (nSPS) is 15.9. The molecule has 3 rings (SSSR count). The fourth-order valence-corrected chi connectivity index (χ4v) is 3.99. The molecular weight excluding hydrogens is 452 g/mol. The topological polar surface area (TPSA) is 143 Å². The molecule has 2 N–H and O–H groups in total. The molecule has 1 fully saturated rings. The Bertz CT molecular complexity index is 1070. The number of carbonyl (C=O) groups is 3. The fourth-order valence-electron chi connectivity index (χ4n) is 3.99. The number of amides is 1. The summed E-state index contributed by atoms with van der Waals surface area (Å²) in [5.74, 6) is -1.58. The van der Waals surface area contributed by atoms with E-state index in [-0.39, 0.29) is 18.9 Å². The number of Topliss-reactive ketones (excluding diaryl/α,β-unsaturated/α-hetero) is 1. The monoisotopic (exact) mass is 484 g/mol. The molecule has 2 heterocycles. The minimum Gasteiger partial charge on any atom is -0.461 e. The van der Waals surface area contributed by atoms with Crippen molar-refractivity contribution < 1.29 is 33.4 Å². The van der Waals surface area contributed by atoms with E-state index in [1.165, 1.54) is 0 Å². The third-order valence-electron chi connectivity index (χ3n) is 5.73. The number of carbonyl (C=O) groups excluding carboxylic acids is 3. The lowest BCUT2D eigenvalue weighted by molar-refractivity contribution is -0.154. The highest BCUT2D eigenvalue weighted by molar-refractivity contribution is 6.25. The number of rotatable bonds is 12. The molecule has 10 nitrogen and oxygen atoms in total. The Balaban J connectivity index is 1.78. The summed E-state index contributed by atoms with van der Waals surface area (Å²) in [5.41, 5.74) is 10.4. The van der Waals surface area contributed by atoms with Gasteiger partial charge in [0.15, 0.2) is 0 Å². The van der Waals surface area contributed by atoms with Crippen molar-refractivity contribution in [3.63, 3.8) is 0 Å². The summed E-state index contributed by atoms with van der Waals surface area (Å²) in [7, 11) is 0. The molecule has 188 valence electrons. The van der Waals surface area contributed by atoms with Crippen molar-refractivity contribution in [2.45, 2.75) is 70.3 Å². The van der Waals surface area contributed by atoms with Crippen molar-refractivity contribution in [1.29, 1.82) is 0 Å². The number of ether oxygens (including phenoxy) is 3. The predicted octanol–water partition coefficient (Wildman–Crippen LogP) is 2.36. The second-order valence-corrected chi connectivity index (χ2v) is 8.80. The number of esters is 1. The lowest BCUT2D eigenvalue weighted by Gasteiger charge is -2.28. The maximum Gasteiger partial charge on any atom is 0.328 e. The Morgan fingerprint density at radius 2 is 2.00 bits per heavy atom. The van der Waals surface area contributed by atoms with Crippen LogP contribution in [0.5, 0.6) is 0 Å². The van der Waals surface area contributed by atoms with E-state index >= 15 is 0 Å². The van der Waals surface area contributed by atoms with E-state index < -0.39 is 35.9 Å². The summed E-state index contributed by atoms with van der Waals surface area (Å²) in [6, 6.07) is 6.74. The number of benzene rings is 1. The first kappa shape index (κ1) is 26.3. The van der Waals surface area contributed by atoms with Gasteiger partial charge in [0.1, 0.15) is 12.1 Å². The number of aromatic nitrogens is 1. The van der Waals surface area contributed by atoms with Crippen molar-refractivity contribution in [2.75, 3.05) is 13.2 Å². The summed E-state index contributed by atoms with van der Waals surface area (Å²) in [6.07, 6.45) is 2.77. The molecule has 1 saturated heterocycles. The van der Waals surface area contributed by atoms with Crippen molar-refractivity contribution >= 4 is 34.8 Å². The van der Waals surface area contributed by atoms with Crippen LogP contribution in [0.1, 0.15) is 45.1 Å². The van der Waals surface area contributed by atoms with Gasteiger partial charge in [-0.05, 0) is 44.7 Å². The lowest BCUT2D eigenvalue weighted by Crippen LogP contribution is -2.49. The number of para-hydroxylation sites is 1. The zero-order chi connectivity index (χ0) is 25.2. The molecule has 0 saturated carbocycles. The van der Waals surface area contributed by atoms with Gasteiger partial charge in [0.2, 0.25) is 11.7 Å². The maximum absolute atomic E-state index is 13.4. The molecule has 1 aliphatic rings. The first-order valence-corrected chi connectivity index (χ1v) is 11.9. The van der Waals surface area contributed by atoms with Crippen molar-refractivity contribution in [3.05, 3.63) is 41.6 Å². The molecular formula is C25H32N4O6. The summed E-state index contributed by atoms with van der Waals surface area (Å²) >= 11 is 0. The van der Waals surface area contributed by atoms with Crippen LogP contribution in [0.15, 0.2) is 30.5 Å². The van der Waals surface area contributed by atoms with Gasteiger partial charge in [-0.1, -0.05) is 18.2 Å². The molecule has 0 spiro atoms. The number of H-pyrrole nitrogens is 1. The third-order valence-corrected chi connectivity index (χ3v) is 5.73. The highest BCUT2D eigenvalue weighted by atomic mass is 16.5. The summed E-state index contributed by atoms with van der Waals surface area (Å²) in [6.45, 7) is 4.52. The highest BCUT2D eigenvalue weighted by Gasteiger charge is 2.31. The number of nitrogens with zero attached hydrogens (tertiary/aromatic N) is 2. The average molecular weight is 485 g/mol. The Labute approximate surface area is 203 Å². The van der Waals surface area contributed by atoms with Crippen LogP contribution >= 0.6 is 0 Å². The minimum absolute atomic E-state index is 0.000773. The van der Waals surface area contributed by atoms with E-state index in [4.69, 9.17) is 19.7 Å². The number of nitrogens with one attached hydrogen (secondary N) is 2. The number of aromatic amines is 1. The van der Waals surface area contributed by atoms with Crippen LogP contribution in [-0.4, -0.2) is 71.2 Å². The van der Waals surface area contributed by atoms with Crippen LogP contribution in [0.25, 0.3) is 16.4 Å². The molecule has 1 aromatic carbocycles. The summed E-state index contributed by atoms with van der Waals surface area (Å²) in [4.78, 5) is 43.8. The van der Waals surface area contributed by atoms with E-state index in [0.29, 0.717) is 32.5 Å². The molecule has 0 bridgehead atoms. The third kappa shape index (κ3) is 7.85. The Hall–Kier alpha value is -3.33. The van der Waals surface area contributed by atoms with Gasteiger partial charge in [-0.2, -0.15) is 4.79 Å². The molecule has 1 aliphatic heterocycles. The number of hydrogen-bond donors (Lipinski definition) is 2. The molecule has 2 aromatic rings. The van der Waals surface area contributed by atoms with Crippen molar-refractivity contribution in [1.82, 2.24) is 10.3 Å². The highest BCUT2D eigenvalue weighted by Crippen LogP contribution is 2.22. The quantitative estimate of drug-likeness (QED) is 0.205. The SMILES string of the molecule is CC(C)OC(=O)[C@H](CCC(=O)C=[N+]=[N-])NC(=O)[C@H](Cc1c[nH]c2ccccc12)OC1CCOCC1. The van der Waals surface area contributed by atoms with Gasteiger partial charge < -0.3 is 30.0 Å². The molecule has 2 atom stereocenters. The van der Waals surface area contributed by atoms with E-state index in [0.717, 1.165) is 22.7 Å². The van der Waals surface area contributed by atoms with Crippen molar-refractivity contribution in [3.8, 4) is 0 Å². The Kier molecular flexibility index (Phi) is 9.72. The van der Waals surface area contributed by atoms with E-state index in [9.17, 15) is 14.4 Å². The maximum atomic E-state index is 13.4. The summed E-state index contributed by atoms with van der Waals surface area (Å²) < 4.78 is 16.9. The first-order chi connectivity index (χ1) is 16.9. The zero-order valence-electron chi connectivity index (χ0n) is 20.1. The zero-order valence-corrected chi connectivity index (χ0v) is 20.1. The molecule has 1 amide bonds. The van der Waals surface area contributed by atoms with Gasteiger partial charge in [-0.3, -0.25) is 9.59 Å². The number of ketones is 1. The molecule has 1 aromatic heterocycles. The molecule has 10 heteroatoms. The second kappa shape index (κ2) is 12.9. The molecule has 0 radical (unpaired) electrons. The molecule has 0 unspecified atom stereocenters. The van der Waals surface area contributed by atoms with Gasteiger partial charge in [0.05, 0.1) is 12.2 Å². The standard InChI is InChI=1S/C25H32N4O6/c1-16(2)34-25(32)22(8-7-18(30)15-28-26)29-24(31)23(35-19-9-11-33-12-10-19)13-17-14-27-21-6-4-3-5-20(17)21/h3-6,14-16,19,22-23,27H,7-13H2,1-2H3,(H,29,31)/t22-,23-/m0/s1. The predicted molar refractivity (Wildman–Crippen MR) is 128 cm³/mol. The minimum atomic E-state index is -1.05. The smallest absolute Gasteiger partial charge is 0.328 e. The first-order valence-electron chi connectivity index (χ1n) is 11.9. The Morgan fingerprint density at radius 3 is 2.71 bits per heavy atom. The van der Waals surface area contributed by atoms with Crippen LogP contribution in [0, 0.1) is 0 Å². The lowest BCUT2D eigenvalue weighted by atomic mass is 10.0. The van der Waals surface area contributed by atoms with E-state index in [2.05, 4.69) is 15.1 Å². The van der Waals surface area contributed by atoms with Gasteiger partial charge >= 0.3 is 12.2 Å². The molecule has 35 heavy (non-hydrogen) atoms. The van der Waals surface area contributed by atoms with Gasteiger partial charge in [0.25, 0.3) is 0 Å². The van der Waals surface area contributed by atoms with Crippen LogP contribution in [0.4, 0.5) is 0 Å². The van der Waals surface area contributed by atoms with Crippen LogP contribution in [0.2, 0.25) is 0 Å². The van der Waals surface area contributed by atoms with Crippen LogP contribution in [0.3, 0.4) is 0 Å². The van der Waals surface area contributed by atoms with Gasteiger partial charge in [-0.15, -0.1) is 0 Å². The van der Waals surface area contributed by atoms with Gasteiger partial charge in [0, 0.05) is 43.2 Å². The number of hydrogen-bond acceptors (Lipinski definition) is 6.